The molecule has 0 aliphatic carbocycles. The monoisotopic (exact) mass is 391 g/mol. The molecule has 2 aromatic heterocycles. The number of nitrogens with zero attached hydrogens (tertiary/aromatic N) is 5. The Morgan fingerprint density at radius 1 is 1.07 bits per heavy atom. The smallest absolute Gasteiger partial charge is 0.238 e. The number of aryl methyl sites for hydroxylation is 1. The first-order valence-electron chi connectivity index (χ1n) is 9.86. The van der Waals surface area contributed by atoms with E-state index < -0.39 is 0 Å². The van der Waals surface area contributed by atoms with Crippen LogP contribution in [0.2, 0.25) is 0 Å². The van der Waals surface area contributed by atoms with Crippen LogP contribution in [-0.4, -0.2) is 56.5 Å². The number of aromatic nitrogens is 4. The fourth-order valence-electron chi connectivity index (χ4n) is 3.44. The van der Waals surface area contributed by atoms with Gasteiger partial charge in [-0.1, -0.05) is 18.2 Å². The number of anilines is 2. The summed E-state index contributed by atoms with van der Waals surface area (Å²) < 4.78 is 1.71. The lowest BCUT2D eigenvalue weighted by atomic mass is 10.1. The second-order valence-corrected chi connectivity index (χ2v) is 7.29. The highest BCUT2D eigenvalue weighted by atomic mass is 16.2. The molecule has 8 heteroatoms. The quantitative estimate of drug-likeness (QED) is 0.671. The number of benzene rings is 1. The van der Waals surface area contributed by atoms with E-state index in [-0.39, 0.29) is 5.91 Å². The van der Waals surface area contributed by atoms with Gasteiger partial charge in [0.05, 0.1) is 12.2 Å². The van der Waals surface area contributed by atoms with Crippen LogP contribution < -0.4 is 10.6 Å². The van der Waals surface area contributed by atoms with Gasteiger partial charge in [0.2, 0.25) is 5.91 Å². The predicted octanol–water partition coefficient (Wildman–Crippen LogP) is 2.49. The minimum atomic E-state index is 0.0259. The highest BCUT2D eigenvalue weighted by Crippen LogP contribution is 2.16. The van der Waals surface area contributed by atoms with Crippen LogP contribution in [0.1, 0.15) is 18.5 Å². The van der Waals surface area contributed by atoms with Crippen molar-refractivity contribution in [2.24, 2.45) is 0 Å². The number of para-hydroxylation sites is 1. The number of nitrogens with one attached hydrogen (secondary N) is 2. The van der Waals surface area contributed by atoms with Gasteiger partial charge in [-0.25, -0.2) is 4.68 Å². The molecule has 0 spiro atoms. The number of hydrogen-bond acceptors (Lipinski definition) is 6. The van der Waals surface area contributed by atoms with Crippen LogP contribution in [0.15, 0.2) is 54.7 Å². The number of rotatable bonds is 6. The molecule has 3 heterocycles. The Labute approximate surface area is 169 Å². The van der Waals surface area contributed by atoms with Gasteiger partial charge in [0.1, 0.15) is 5.82 Å². The van der Waals surface area contributed by atoms with E-state index in [1.165, 1.54) is 0 Å². The van der Waals surface area contributed by atoms with Crippen LogP contribution in [0.4, 0.5) is 11.5 Å². The van der Waals surface area contributed by atoms with Crippen molar-refractivity contribution in [2.45, 2.75) is 25.8 Å². The molecule has 0 bridgehead atoms. The van der Waals surface area contributed by atoms with Gasteiger partial charge < -0.3 is 10.6 Å². The summed E-state index contributed by atoms with van der Waals surface area (Å²) in [7, 11) is 0. The molecule has 29 heavy (non-hydrogen) atoms. The minimum absolute atomic E-state index is 0.0259. The van der Waals surface area contributed by atoms with Crippen LogP contribution in [0.5, 0.6) is 0 Å². The summed E-state index contributed by atoms with van der Waals surface area (Å²) in [6.07, 6.45) is 3.79. The fraction of sp³-hybridized carbons (Fsp3) is 0.333. The maximum Gasteiger partial charge on any atom is 0.238 e. The van der Waals surface area contributed by atoms with Gasteiger partial charge in [-0.05, 0) is 50.1 Å². The normalized spacial score (nSPS) is 15.2. The molecule has 8 nitrogen and oxygen atoms in total. The summed E-state index contributed by atoms with van der Waals surface area (Å²) in [5.41, 5.74) is 1.78. The molecule has 0 saturated carbocycles. The summed E-state index contributed by atoms with van der Waals surface area (Å²) in [6.45, 7) is 4.10. The molecule has 4 rings (SSSR count). The first-order valence-corrected chi connectivity index (χ1v) is 9.86. The second-order valence-electron chi connectivity index (χ2n) is 7.29. The molecule has 1 saturated heterocycles. The van der Waals surface area contributed by atoms with Crippen LogP contribution in [0.25, 0.3) is 5.82 Å². The van der Waals surface area contributed by atoms with Gasteiger partial charge in [-0.15, -0.1) is 10.2 Å². The van der Waals surface area contributed by atoms with Crippen molar-refractivity contribution in [2.75, 3.05) is 30.3 Å². The molecule has 1 amide bonds. The van der Waals surface area contributed by atoms with E-state index in [1.54, 1.807) is 4.68 Å². The number of hydrogen-bond donors (Lipinski definition) is 2. The zero-order valence-electron chi connectivity index (χ0n) is 16.5. The van der Waals surface area contributed by atoms with E-state index in [0.29, 0.717) is 18.4 Å². The van der Waals surface area contributed by atoms with Crippen molar-refractivity contribution >= 4 is 17.4 Å². The highest BCUT2D eigenvalue weighted by molar-refractivity contribution is 5.92. The Morgan fingerprint density at radius 3 is 2.52 bits per heavy atom. The third-order valence-electron chi connectivity index (χ3n) is 4.97. The Bertz CT molecular complexity index is 931. The molecule has 0 radical (unpaired) electrons. The first-order chi connectivity index (χ1) is 14.2. The highest BCUT2D eigenvalue weighted by Gasteiger charge is 2.21. The lowest BCUT2D eigenvalue weighted by Crippen LogP contribution is -2.42. The Morgan fingerprint density at radius 2 is 1.86 bits per heavy atom. The van der Waals surface area contributed by atoms with E-state index in [0.717, 1.165) is 43.1 Å². The Hall–Kier alpha value is -3.26. The van der Waals surface area contributed by atoms with Crippen molar-refractivity contribution in [3.8, 4) is 5.82 Å². The Kier molecular flexibility index (Phi) is 5.81. The first kappa shape index (κ1) is 19.1. The summed E-state index contributed by atoms with van der Waals surface area (Å²) in [4.78, 5) is 14.4. The zero-order chi connectivity index (χ0) is 20.1. The minimum Gasteiger partial charge on any atom is -0.366 e. The average molecular weight is 391 g/mol. The zero-order valence-corrected chi connectivity index (χ0v) is 16.5. The third-order valence-corrected chi connectivity index (χ3v) is 4.97. The lowest BCUT2D eigenvalue weighted by molar-refractivity contribution is -0.117. The molecule has 0 atom stereocenters. The molecule has 3 aromatic rings. The van der Waals surface area contributed by atoms with Crippen molar-refractivity contribution in [1.29, 1.82) is 0 Å². The molecule has 150 valence electrons. The lowest BCUT2D eigenvalue weighted by Gasteiger charge is -2.32. The molecular weight excluding hydrogens is 366 g/mol. The van der Waals surface area contributed by atoms with Crippen molar-refractivity contribution in [1.82, 2.24) is 24.9 Å². The number of amides is 1. The predicted molar refractivity (Wildman–Crippen MR) is 112 cm³/mol. The van der Waals surface area contributed by atoms with Gasteiger partial charge >= 0.3 is 0 Å². The molecule has 1 fully saturated rings. The molecule has 2 N–H and O–H groups in total. The van der Waals surface area contributed by atoms with Crippen molar-refractivity contribution < 1.29 is 4.79 Å². The Balaban J connectivity index is 1.23. The number of carbonyl (C=O) groups excluding carboxylic acids is 1. The van der Waals surface area contributed by atoms with E-state index in [2.05, 4.69) is 30.8 Å². The molecule has 1 aliphatic heterocycles. The van der Waals surface area contributed by atoms with Gasteiger partial charge in [-0.3, -0.25) is 9.69 Å². The third kappa shape index (κ3) is 5.17. The van der Waals surface area contributed by atoms with Crippen LogP contribution in [0, 0.1) is 6.92 Å². The summed E-state index contributed by atoms with van der Waals surface area (Å²) in [5.74, 6) is 1.48. The topological polar surface area (TPSA) is 88.0 Å². The van der Waals surface area contributed by atoms with E-state index >= 15 is 0 Å². The van der Waals surface area contributed by atoms with Gasteiger partial charge in [0.15, 0.2) is 5.82 Å². The van der Waals surface area contributed by atoms with Gasteiger partial charge in [-0.2, -0.15) is 5.10 Å². The largest absolute Gasteiger partial charge is 0.366 e. The summed E-state index contributed by atoms with van der Waals surface area (Å²) in [5, 5.41) is 19.2. The van der Waals surface area contributed by atoms with Gasteiger partial charge in [0.25, 0.3) is 0 Å². The summed E-state index contributed by atoms with van der Waals surface area (Å²) >= 11 is 0. The average Bonchev–Trinajstić information content (AvgIpc) is 3.17. The van der Waals surface area contributed by atoms with Crippen LogP contribution in [0.3, 0.4) is 0 Å². The maximum absolute atomic E-state index is 12.2. The van der Waals surface area contributed by atoms with E-state index in [1.807, 2.05) is 61.7 Å². The molecule has 1 aromatic carbocycles. The number of carbonyl (C=O) groups is 1. The standard InChI is InChI=1S/C21H25N7O/c1-16-9-14-28(26-16)20-8-7-19(24-25-20)22-18-10-12-27(13-11-18)15-21(29)23-17-5-3-2-4-6-17/h2-9,14,18H,10-13,15H2,1H3,(H,22,24)(H,23,29). The SMILES string of the molecule is Cc1ccn(-c2ccc(NC3CCN(CC(=O)Nc4ccccc4)CC3)nn2)n1. The number of likely N-dealkylation sites (tertiary alicyclic amines) is 1. The molecule has 1 aliphatic rings. The van der Waals surface area contributed by atoms with Gasteiger partial charge in [0, 0.05) is 31.0 Å². The summed E-state index contributed by atoms with van der Waals surface area (Å²) in [6, 6.07) is 15.7. The van der Waals surface area contributed by atoms with Crippen molar-refractivity contribution in [3.05, 3.63) is 60.4 Å². The maximum atomic E-state index is 12.2. The number of piperidine rings is 1. The fourth-order valence-corrected chi connectivity index (χ4v) is 3.44. The molecule has 0 unspecified atom stereocenters. The van der Waals surface area contributed by atoms with Crippen LogP contribution in [-0.2, 0) is 4.79 Å². The van der Waals surface area contributed by atoms with E-state index in [9.17, 15) is 4.79 Å². The van der Waals surface area contributed by atoms with Crippen LogP contribution >= 0.6 is 0 Å². The van der Waals surface area contributed by atoms with E-state index in [4.69, 9.17) is 0 Å². The second kappa shape index (κ2) is 8.83. The van der Waals surface area contributed by atoms with Crippen molar-refractivity contribution in [3.63, 3.8) is 0 Å². The molecular formula is C21H25N7O.